The van der Waals surface area contributed by atoms with E-state index in [1.54, 1.807) is 11.3 Å². The number of hydrogen-bond donors (Lipinski definition) is 2. The Bertz CT molecular complexity index is 548. The molecule has 2 rings (SSSR count). The monoisotopic (exact) mass is 295 g/mol. The first-order valence-electron chi connectivity index (χ1n) is 5.91. The van der Waals surface area contributed by atoms with Gasteiger partial charge in [-0.2, -0.15) is 0 Å². The largest absolute Gasteiger partial charge is 0.297 e. The number of carbonyl (C=O) groups is 1. The summed E-state index contributed by atoms with van der Waals surface area (Å²) in [6, 6.07) is 6.12. The summed E-state index contributed by atoms with van der Waals surface area (Å²) in [7, 11) is 2.08. The predicted octanol–water partition coefficient (Wildman–Crippen LogP) is 2.35. The van der Waals surface area contributed by atoms with Crippen molar-refractivity contribution in [1.29, 1.82) is 0 Å². The lowest BCUT2D eigenvalue weighted by molar-refractivity contribution is 0.0957. The Morgan fingerprint density at radius 1 is 1.47 bits per heavy atom. The van der Waals surface area contributed by atoms with Crippen LogP contribution in [0.15, 0.2) is 23.6 Å². The molecule has 2 heterocycles. The maximum atomic E-state index is 11.5. The number of aryl methyl sites for hydroxylation is 1. The van der Waals surface area contributed by atoms with Crippen LogP contribution in [-0.4, -0.2) is 17.9 Å². The summed E-state index contributed by atoms with van der Waals surface area (Å²) in [4.78, 5) is 16.9. The van der Waals surface area contributed by atoms with E-state index in [-0.39, 0.29) is 5.91 Å². The summed E-state index contributed by atoms with van der Waals surface area (Å²) in [5.41, 5.74) is 3.35. The summed E-state index contributed by atoms with van der Waals surface area (Å²) in [6.45, 7) is 3.79. The fourth-order valence-corrected chi connectivity index (χ4v) is 3.60. The van der Waals surface area contributed by atoms with Crippen molar-refractivity contribution in [3.8, 4) is 0 Å². The second kappa shape index (κ2) is 6.29. The maximum Gasteiger partial charge on any atom is 0.275 e. The smallest absolute Gasteiger partial charge is 0.275 e. The van der Waals surface area contributed by atoms with Gasteiger partial charge in [-0.3, -0.25) is 15.1 Å². The van der Waals surface area contributed by atoms with Gasteiger partial charge in [0.05, 0.1) is 4.88 Å². The number of hydrazine groups is 1. The highest BCUT2D eigenvalue weighted by atomic mass is 32.1. The third kappa shape index (κ3) is 3.63. The van der Waals surface area contributed by atoms with E-state index in [4.69, 9.17) is 5.84 Å². The molecule has 0 fully saturated rings. The fourth-order valence-electron chi connectivity index (χ4n) is 1.88. The molecule has 0 bridgehead atoms. The highest BCUT2D eigenvalue weighted by Crippen LogP contribution is 2.23. The Morgan fingerprint density at radius 3 is 2.89 bits per heavy atom. The Labute approximate surface area is 120 Å². The second-order valence-electron chi connectivity index (χ2n) is 4.42. The second-order valence-corrected chi connectivity index (χ2v) is 6.71. The van der Waals surface area contributed by atoms with Crippen molar-refractivity contribution in [2.45, 2.75) is 20.0 Å². The zero-order valence-corrected chi connectivity index (χ0v) is 12.6. The van der Waals surface area contributed by atoms with Crippen LogP contribution in [-0.2, 0) is 13.1 Å². The van der Waals surface area contributed by atoms with Gasteiger partial charge in [-0.05, 0) is 37.0 Å². The normalized spacial score (nSPS) is 10.9. The van der Waals surface area contributed by atoms with Gasteiger partial charge in [-0.25, -0.2) is 5.84 Å². The molecule has 0 saturated heterocycles. The number of carbonyl (C=O) groups excluding carboxylic acids is 1. The highest BCUT2D eigenvalue weighted by molar-refractivity contribution is 7.14. The summed E-state index contributed by atoms with van der Waals surface area (Å²) >= 11 is 3.24. The van der Waals surface area contributed by atoms with E-state index in [9.17, 15) is 4.79 Å². The number of hydrogen-bond acceptors (Lipinski definition) is 5. The van der Waals surface area contributed by atoms with Crippen molar-refractivity contribution in [3.05, 3.63) is 43.8 Å². The number of thiophene rings is 2. The van der Waals surface area contributed by atoms with Crippen molar-refractivity contribution in [2.24, 2.45) is 5.84 Å². The fraction of sp³-hybridized carbons (Fsp3) is 0.308. The minimum Gasteiger partial charge on any atom is -0.297 e. The van der Waals surface area contributed by atoms with Gasteiger partial charge in [0.25, 0.3) is 5.91 Å². The maximum absolute atomic E-state index is 11.5. The van der Waals surface area contributed by atoms with Crippen LogP contribution in [0.4, 0.5) is 0 Å². The minimum absolute atomic E-state index is 0.222. The summed E-state index contributed by atoms with van der Waals surface area (Å²) < 4.78 is 0. The van der Waals surface area contributed by atoms with E-state index >= 15 is 0 Å². The van der Waals surface area contributed by atoms with Gasteiger partial charge < -0.3 is 0 Å². The van der Waals surface area contributed by atoms with Gasteiger partial charge in [-0.1, -0.05) is 6.07 Å². The van der Waals surface area contributed by atoms with E-state index in [2.05, 4.69) is 34.9 Å². The molecular weight excluding hydrogens is 278 g/mol. The number of rotatable bonds is 5. The summed E-state index contributed by atoms with van der Waals surface area (Å²) in [5.74, 6) is 4.93. The van der Waals surface area contributed by atoms with Crippen LogP contribution < -0.4 is 11.3 Å². The van der Waals surface area contributed by atoms with E-state index in [0.29, 0.717) is 4.88 Å². The molecule has 3 N–H and O–H groups in total. The van der Waals surface area contributed by atoms with Crippen molar-refractivity contribution in [3.63, 3.8) is 0 Å². The molecule has 0 spiro atoms. The first-order chi connectivity index (χ1) is 9.10. The number of amides is 1. The Kier molecular flexibility index (Phi) is 4.71. The van der Waals surface area contributed by atoms with E-state index < -0.39 is 0 Å². The van der Waals surface area contributed by atoms with Crippen LogP contribution >= 0.6 is 22.7 Å². The highest BCUT2D eigenvalue weighted by Gasteiger charge is 2.13. The molecule has 4 nitrogen and oxygen atoms in total. The Balaban J connectivity index is 2.02. The van der Waals surface area contributed by atoms with Crippen LogP contribution in [0.5, 0.6) is 0 Å². The van der Waals surface area contributed by atoms with Crippen LogP contribution in [0, 0.1) is 6.92 Å². The molecule has 0 atom stereocenters. The van der Waals surface area contributed by atoms with Gasteiger partial charge in [0, 0.05) is 22.8 Å². The molecule has 0 aliphatic rings. The van der Waals surface area contributed by atoms with Gasteiger partial charge in [-0.15, -0.1) is 22.7 Å². The average Bonchev–Trinajstić information content (AvgIpc) is 2.99. The number of nitrogen functional groups attached to an aromatic ring is 1. The summed E-state index contributed by atoms with van der Waals surface area (Å²) in [6.07, 6.45) is 0. The average molecular weight is 295 g/mol. The molecule has 6 heteroatoms. The van der Waals surface area contributed by atoms with Crippen molar-refractivity contribution in [2.75, 3.05) is 7.05 Å². The third-order valence-electron chi connectivity index (χ3n) is 2.82. The quantitative estimate of drug-likeness (QED) is 0.506. The molecule has 19 heavy (non-hydrogen) atoms. The lowest BCUT2D eigenvalue weighted by Crippen LogP contribution is -2.29. The molecule has 1 amide bonds. The zero-order chi connectivity index (χ0) is 13.8. The van der Waals surface area contributed by atoms with Gasteiger partial charge in [0.15, 0.2) is 0 Å². The van der Waals surface area contributed by atoms with Crippen molar-refractivity contribution in [1.82, 2.24) is 10.3 Å². The van der Waals surface area contributed by atoms with Gasteiger partial charge in [0.1, 0.15) is 0 Å². The molecule has 0 radical (unpaired) electrons. The Hall–Kier alpha value is -1.21. The third-order valence-corrected chi connectivity index (χ3v) is 4.77. The molecule has 102 valence electrons. The van der Waals surface area contributed by atoms with E-state index in [0.717, 1.165) is 18.0 Å². The zero-order valence-electron chi connectivity index (χ0n) is 11.0. The predicted molar refractivity (Wildman–Crippen MR) is 80.2 cm³/mol. The molecule has 2 aromatic heterocycles. The molecule has 0 aromatic carbocycles. The number of nitrogens with one attached hydrogen (secondary N) is 1. The SMILES string of the molecule is Cc1sc(C(=O)NN)cc1CN(C)Cc1cccs1. The first-order valence-corrected chi connectivity index (χ1v) is 7.61. The van der Waals surface area contributed by atoms with Gasteiger partial charge in [0.2, 0.25) is 0 Å². The van der Waals surface area contributed by atoms with Crippen LogP contribution in [0.1, 0.15) is 25.0 Å². The number of nitrogens with two attached hydrogens (primary N) is 1. The van der Waals surface area contributed by atoms with E-state index in [1.807, 2.05) is 13.0 Å². The van der Waals surface area contributed by atoms with Crippen LogP contribution in [0.25, 0.3) is 0 Å². The van der Waals surface area contributed by atoms with Crippen molar-refractivity contribution >= 4 is 28.6 Å². The standard InChI is InChI=1S/C13H17N3OS2/c1-9-10(6-12(19-9)13(17)15-14)7-16(2)8-11-4-3-5-18-11/h3-6H,7-8,14H2,1-2H3,(H,15,17). The lowest BCUT2D eigenvalue weighted by Gasteiger charge is -2.15. The van der Waals surface area contributed by atoms with Crippen LogP contribution in [0.3, 0.4) is 0 Å². The molecule has 0 unspecified atom stereocenters. The summed E-state index contributed by atoms with van der Waals surface area (Å²) in [5, 5.41) is 2.09. The molecule has 0 aliphatic heterocycles. The lowest BCUT2D eigenvalue weighted by atomic mass is 10.2. The topological polar surface area (TPSA) is 58.4 Å². The van der Waals surface area contributed by atoms with Crippen LogP contribution in [0.2, 0.25) is 0 Å². The minimum atomic E-state index is -0.222. The van der Waals surface area contributed by atoms with E-state index in [1.165, 1.54) is 21.8 Å². The molecule has 2 aromatic rings. The molecule has 0 saturated carbocycles. The Morgan fingerprint density at radius 2 is 2.26 bits per heavy atom. The number of nitrogens with zero attached hydrogens (tertiary/aromatic N) is 1. The van der Waals surface area contributed by atoms with Gasteiger partial charge >= 0.3 is 0 Å². The molecule has 0 aliphatic carbocycles. The van der Waals surface area contributed by atoms with Crippen molar-refractivity contribution < 1.29 is 4.79 Å². The molecular formula is C13H17N3OS2. The first kappa shape index (κ1) is 14.2.